The number of methoxy groups -OCH3 is 2. The van der Waals surface area contributed by atoms with Crippen molar-refractivity contribution in [3.05, 3.63) is 47.5 Å². The molecule has 1 aliphatic carbocycles. The second kappa shape index (κ2) is 11.3. The summed E-state index contributed by atoms with van der Waals surface area (Å²) in [6, 6.07) is 3.38. The fourth-order valence-corrected chi connectivity index (χ4v) is 4.36. The topological polar surface area (TPSA) is 132 Å². The lowest BCUT2D eigenvalue weighted by molar-refractivity contribution is -0.120. The van der Waals surface area contributed by atoms with Gasteiger partial charge in [0.25, 0.3) is 5.91 Å². The molecule has 3 rings (SSSR count). The van der Waals surface area contributed by atoms with E-state index in [1.807, 2.05) is 0 Å². The maximum Gasteiger partial charge on any atom is 0.255 e. The number of phenolic OH excluding ortho intramolecular Hbond substituents is 1. The summed E-state index contributed by atoms with van der Waals surface area (Å²) in [7, 11) is 2.99. The third kappa shape index (κ3) is 6.58. The molecule has 0 spiro atoms. The van der Waals surface area contributed by atoms with Gasteiger partial charge in [0, 0.05) is 32.8 Å². The van der Waals surface area contributed by atoms with Gasteiger partial charge in [-0.25, -0.2) is 4.39 Å². The molecule has 1 heterocycles. The first-order valence-corrected chi connectivity index (χ1v) is 11.9. The molecule has 1 fully saturated rings. The third-order valence-corrected chi connectivity index (χ3v) is 6.94. The molecular formula is C23H31Cl2FN4O5. The van der Waals surface area contributed by atoms with Gasteiger partial charge in [-0.3, -0.25) is 4.79 Å². The summed E-state index contributed by atoms with van der Waals surface area (Å²) < 4.78 is 27.8. The number of rotatable bonds is 9. The van der Waals surface area contributed by atoms with Crippen molar-refractivity contribution in [2.24, 2.45) is 11.5 Å². The van der Waals surface area contributed by atoms with Gasteiger partial charge in [0.2, 0.25) is 0 Å². The van der Waals surface area contributed by atoms with Crippen LogP contribution in [0, 0.1) is 5.82 Å². The maximum atomic E-state index is 13.1. The second-order valence-electron chi connectivity index (χ2n) is 8.58. The van der Waals surface area contributed by atoms with E-state index in [1.54, 1.807) is 7.11 Å². The molecule has 0 aromatic heterocycles. The quantitative estimate of drug-likeness (QED) is 0.215. The summed E-state index contributed by atoms with van der Waals surface area (Å²) in [5.41, 5.74) is 10.4. The average Bonchev–Trinajstić information content (AvgIpc) is 2.80. The Hall–Kier alpha value is -2.08. The Balaban J connectivity index is 1.52. The second-order valence-corrected chi connectivity index (χ2v) is 9.97. The van der Waals surface area contributed by atoms with E-state index in [0.29, 0.717) is 26.0 Å². The van der Waals surface area contributed by atoms with Crippen LogP contribution in [0.4, 0.5) is 4.39 Å². The molecule has 194 valence electrons. The number of nitrogens with two attached hydrogens (primary N) is 2. The maximum absolute atomic E-state index is 13.1. The first-order valence-electron chi connectivity index (χ1n) is 11.1. The number of carbonyl (C=O) groups excluding carboxylic acids is 1. The minimum atomic E-state index is -1.70. The lowest BCUT2D eigenvalue weighted by atomic mass is 9.94. The Morgan fingerprint density at radius 3 is 2.71 bits per heavy atom. The number of ether oxygens (including phenoxy) is 3. The number of amides is 1. The van der Waals surface area contributed by atoms with Gasteiger partial charge in [-0.15, -0.1) is 0 Å². The van der Waals surface area contributed by atoms with Gasteiger partial charge in [-0.2, -0.15) is 0 Å². The highest BCUT2D eigenvalue weighted by molar-refractivity contribution is 6.51. The number of benzene rings is 1. The highest BCUT2D eigenvalue weighted by Crippen LogP contribution is 2.39. The number of nitrogens with zero attached hydrogens (tertiary/aromatic N) is 1. The fourth-order valence-electron chi connectivity index (χ4n) is 4.03. The van der Waals surface area contributed by atoms with Crippen molar-refractivity contribution < 1.29 is 28.5 Å². The Morgan fingerprint density at radius 1 is 1.31 bits per heavy atom. The zero-order valence-corrected chi connectivity index (χ0v) is 21.1. The van der Waals surface area contributed by atoms with E-state index < -0.39 is 21.7 Å². The lowest BCUT2D eigenvalue weighted by Gasteiger charge is -2.39. The summed E-state index contributed by atoms with van der Waals surface area (Å²) in [6.45, 7) is 2.40. The molecule has 1 amide bonds. The molecular weight excluding hydrogens is 502 g/mol. The van der Waals surface area contributed by atoms with Crippen LogP contribution in [0.1, 0.15) is 12.8 Å². The van der Waals surface area contributed by atoms with E-state index in [4.69, 9.17) is 48.9 Å². The summed E-state index contributed by atoms with van der Waals surface area (Å²) in [5, 5.41) is 12.7. The molecule has 2 aliphatic rings. The summed E-state index contributed by atoms with van der Waals surface area (Å²) in [5.74, 6) is -0.760. The predicted molar refractivity (Wildman–Crippen MR) is 131 cm³/mol. The summed E-state index contributed by atoms with van der Waals surface area (Å²) in [6.07, 6.45) is 3.70. The van der Waals surface area contributed by atoms with E-state index in [-0.39, 0.29) is 35.0 Å². The molecule has 0 unspecified atom stereocenters. The molecule has 12 heteroatoms. The molecule has 2 atom stereocenters. The Morgan fingerprint density at radius 2 is 2.06 bits per heavy atom. The van der Waals surface area contributed by atoms with Crippen molar-refractivity contribution in [1.29, 1.82) is 0 Å². The van der Waals surface area contributed by atoms with Gasteiger partial charge >= 0.3 is 0 Å². The zero-order valence-electron chi connectivity index (χ0n) is 19.6. The number of likely N-dealkylation sites (tertiary alicyclic amines) is 1. The average molecular weight is 533 g/mol. The Kier molecular flexibility index (Phi) is 8.90. The van der Waals surface area contributed by atoms with Gasteiger partial charge in [0.1, 0.15) is 17.2 Å². The van der Waals surface area contributed by atoms with Crippen molar-refractivity contribution in [1.82, 2.24) is 10.2 Å². The zero-order chi connectivity index (χ0) is 25.8. The van der Waals surface area contributed by atoms with Gasteiger partial charge < -0.3 is 41.0 Å². The van der Waals surface area contributed by atoms with Crippen molar-refractivity contribution in [2.45, 2.75) is 35.0 Å². The number of piperidine rings is 1. The van der Waals surface area contributed by atoms with Crippen LogP contribution in [0.5, 0.6) is 11.5 Å². The summed E-state index contributed by atoms with van der Waals surface area (Å²) in [4.78, 5) is 15.2. The molecule has 1 saturated heterocycles. The lowest BCUT2D eigenvalue weighted by Crippen LogP contribution is -2.61. The fraction of sp³-hybridized carbons (Fsp3) is 0.522. The SMILES string of the molecule is COC1=CC(N)(N)C(Cl)(Cl)C=C1C(=O)N[C@@H]1CCN(CCCOc2ccc(F)cc2O)C[C@@H]1OC. The van der Waals surface area contributed by atoms with Crippen molar-refractivity contribution in [3.8, 4) is 11.5 Å². The smallest absolute Gasteiger partial charge is 0.255 e. The molecule has 0 radical (unpaired) electrons. The van der Waals surface area contributed by atoms with Gasteiger partial charge in [0.05, 0.1) is 31.4 Å². The molecule has 1 aliphatic heterocycles. The number of hydrogen-bond acceptors (Lipinski definition) is 8. The van der Waals surface area contributed by atoms with Crippen LogP contribution in [-0.2, 0) is 14.3 Å². The van der Waals surface area contributed by atoms with Crippen LogP contribution in [0.25, 0.3) is 0 Å². The Bertz CT molecular complexity index is 989. The predicted octanol–water partition coefficient (Wildman–Crippen LogP) is 1.76. The molecule has 6 N–H and O–H groups in total. The van der Waals surface area contributed by atoms with Gasteiger partial charge in [-0.05, 0) is 37.1 Å². The van der Waals surface area contributed by atoms with Gasteiger partial charge in [-0.1, -0.05) is 23.2 Å². The largest absolute Gasteiger partial charge is 0.504 e. The van der Waals surface area contributed by atoms with E-state index in [2.05, 4.69) is 10.2 Å². The van der Waals surface area contributed by atoms with E-state index >= 15 is 0 Å². The number of nitrogens with one attached hydrogen (secondary N) is 1. The monoisotopic (exact) mass is 532 g/mol. The highest BCUT2D eigenvalue weighted by atomic mass is 35.5. The number of halogens is 3. The molecule has 1 aromatic rings. The minimum absolute atomic E-state index is 0.141. The third-order valence-electron chi connectivity index (χ3n) is 6.06. The summed E-state index contributed by atoms with van der Waals surface area (Å²) >= 11 is 12.5. The standard InChI is InChI=1S/C23H31Cl2FN4O5/c1-33-19-12-23(27,28)22(24,25)11-15(19)21(32)29-16-6-8-30(13-20(16)34-2)7-3-9-35-18-5-4-14(26)10-17(18)31/h4-5,10-12,16,20,31H,3,6-9,13,27-28H2,1-2H3,(H,29,32)/t16-,20+/m1/s1. The van der Waals surface area contributed by atoms with Gasteiger partial charge in [0.15, 0.2) is 15.8 Å². The van der Waals surface area contributed by atoms with E-state index in [1.165, 1.54) is 31.4 Å². The van der Waals surface area contributed by atoms with Crippen molar-refractivity contribution >= 4 is 29.1 Å². The van der Waals surface area contributed by atoms with Crippen LogP contribution in [0.15, 0.2) is 41.7 Å². The number of phenols is 1. The normalized spacial score (nSPS) is 23.7. The van der Waals surface area contributed by atoms with Crippen LogP contribution in [0.2, 0.25) is 0 Å². The van der Waals surface area contributed by atoms with Crippen LogP contribution < -0.4 is 21.5 Å². The Labute approximate surface area is 213 Å². The van der Waals surface area contributed by atoms with Crippen molar-refractivity contribution in [2.75, 3.05) is 40.5 Å². The van der Waals surface area contributed by atoms with Crippen molar-refractivity contribution in [3.63, 3.8) is 0 Å². The molecule has 1 aromatic carbocycles. The molecule has 35 heavy (non-hydrogen) atoms. The number of hydrogen-bond donors (Lipinski definition) is 4. The van der Waals surface area contributed by atoms with Crippen LogP contribution in [-0.4, -0.2) is 78.5 Å². The molecule has 0 bridgehead atoms. The number of alkyl halides is 2. The molecule has 9 nitrogen and oxygen atoms in total. The van der Waals surface area contributed by atoms with E-state index in [0.717, 1.165) is 19.2 Å². The number of carbonyl (C=O) groups is 1. The first-order chi connectivity index (χ1) is 16.5. The molecule has 0 saturated carbocycles. The van der Waals surface area contributed by atoms with Crippen LogP contribution in [0.3, 0.4) is 0 Å². The first kappa shape index (κ1) is 27.5. The highest BCUT2D eigenvalue weighted by Gasteiger charge is 2.46. The minimum Gasteiger partial charge on any atom is -0.504 e. The van der Waals surface area contributed by atoms with Crippen LogP contribution >= 0.6 is 23.2 Å². The van der Waals surface area contributed by atoms with E-state index in [9.17, 15) is 14.3 Å². The number of aromatic hydroxyl groups is 1.